The second-order valence-corrected chi connectivity index (χ2v) is 6.06. The van der Waals surface area contributed by atoms with E-state index in [0.717, 1.165) is 41.8 Å². The third-order valence-corrected chi connectivity index (χ3v) is 4.56. The number of anilines is 2. The smallest absolute Gasteiger partial charge is 0.148 e. The van der Waals surface area contributed by atoms with E-state index in [-0.39, 0.29) is 0 Å². The molecule has 0 radical (unpaired) electrons. The van der Waals surface area contributed by atoms with Crippen LogP contribution in [0.5, 0.6) is 0 Å². The number of rotatable bonds is 6. The summed E-state index contributed by atoms with van der Waals surface area (Å²) >= 11 is 0. The Bertz CT molecular complexity index is 460. The second-order valence-electron chi connectivity index (χ2n) is 6.06. The predicted octanol–water partition coefficient (Wildman–Crippen LogP) is 3.40. The summed E-state index contributed by atoms with van der Waals surface area (Å²) in [5.41, 5.74) is 3.72. The molecule has 1 heterocycles. The molecule has 4 N–H and O–H groups in total. The van der Waals surface area contributed by atoms with Gasteiger partial charge in [0, 0.05) is 18.0 Å². The number of nitrogen functional groups attached to an aromatic ring is 1. The van der Waals surface area contributed by atoms with Crippen molar-refractivity contribution in [3.05, 3.63) is 11.4 Å². The molecule has 1 aliphatic carbocycles. The lowest BCUT2D eigenvalue weighted by Crippen LogP contribution is -2.32. The molecule has 0 bridgehead atoms. The fourth-order valence-electron chi connectivity index (χ4n) is 3.24. The van der Waals surface area contributed by atoms with Crippen LogP contribution in [0.3, 0.4) is 0 Å². The molecule has 1 saturated carbocycles. The molecule has 0 aromatic carbocycles. The predicted molar refractivity (Wildman–Crippen MR) is 88.2 cm³/mol. The van der Waals surface area contributed by atoms with Gasteiger partial charge in [-0.3, -0.25) is 0 Å². The molecular formula is C16H29N5. The fourth-order valence-corrected chi connectivity index (χ4v) is 3.24. The maximum absolute atomic E-state index is 5.60. The average Bonchev–Trinajstić information content (AvgIpc) is 2.51. The summed E-state index contributed by atoms with van der Waals surface area (Å²) in [4.78, 5) is 9.20. The Morgan fingerprint density at radius 1 is 1.14 bits per heavy atom. The van der Waals surface area contributed by atoms with Crippen LogP contribution in [0.4, 0.5) is 11.6 Å². The Hall–Kier alpha value is -1.36. The van der Waals surface area contributed by atoms with Gasteiger partial charge < -0.3 is 10.7 Å². The van der Waals surface area contributed by atoms with Crippen LogP contribution in [0, 0.1) is 12.8 Å². The van der Waals surface area contributed by atoms with E-state index < -0.39 is 0 Å². The standard InChI is InChI=1S/C16H29N5/c1-4-8-14-19-15(11(3)16(20-14)21-17)18-13-10-7-6-9-12(13)5-2/h12-13H,4-10,17H2,1-3H3,(H2,18,19,20,21). The molecule has 1 aromatic heterocycles. The van der Waals surface area contributed by atoms with Gasteiger partial charge in [-0.25, -0.2) is 15.8 Å². The van der Waals surface area contributed by atoms with Crippen LogP contribution < -0.4 is 16.6 Å². The summed E-state index contributed by atoms with van der Waals surface area (Å²) in [7, 11) is 0. The number of nitrogens with zero attached hydrogens (tertiary/aromatic N) is 2. The fraction of sp³-hybridized carbons (Fsp3) is 0.750. The van der Waals surface area contributed by atoms with Crippen LogP contribution in [0.2, 0.25) is 0 Å². The zero-order chi connectivity index (χ0) is 15.2. The molecule has 0 saturated heterocycles. The molecule has 1 fully saturated rings. The largest absolute Gasteiger partial charge is 0.367 e. The van der Waals surface area contributed by atoms with E-state index >= 15 is 0 Å². The lowest BCUT2D eigenvalue weighted by molar-refractivity contribution is 0.316. The van der Waals surface area contributed by atoms with Gasteiger partial charge in [0.15, 0.2) is 0 Å². The van der Waals surface area contributed by atoms with Crippen molar-refractivity contribution in [1.82, 2.24) is 9.97 Å². The summed E-state index contributed by atoms with van der Waals surface area (Å²) in [6.07, 6.45) is 8.36. The van der Waals surface area contributed by atoms with Gasteiger partial charge in [0.1, 0.15) is 17.5 Å². The molecular weight excluding hydrogens is 262 g/mol. The van der Waals surface area contributed by atoms with E-state index in [1.165, 1.54) is 32.1 Å². The summed E-state index contributed by atoms with van der Waals surface area (Å²) in [5.74, 6) is 8.90. The van der Waals surface area contributed by atoms with Crippen LogP contribution in [0.25, 0.3) is 0 Å². The lowest BCUT2D eigenvalue weighted by Gasteiger charge is -2.32. The molecule has 1 aliphatic rings. The van der Waals surface area contributed by atoms with Crippen LogP contribution in [0.15, 0.2) is 0 Å². The monoisotopic (exact) mass is 291 g/mol. The van der Waals surface area contributed by atoms with Crippen LogP contribution >= 0.6 is 0 Å². The number of hydrogen-bond donors (Lipinski definition) is 3. The molecule has 21 heavy (non-hydrogen) atoms. The zero-order valence-corrected chi connectivity index (χ0v) is 13.6. The number of hydrogen-bond acceptors (Lipinski definition) is 5. The van der Waals surface area contributed by atoms with Gasteiger partial charge >= 0.3 is 0 Å². The quantitative estimate of drug-likeness (QED) is 0.553. The average molecular weight is 291 g/mol. The van der Waals surface area contributed by atoms with E-state index in [1.807, 2.05) is 6.92 Å². The summed E-state index contributed by atoms with van der Waals surface area (Å²) in [5, 5.41) is 3.68. The Balaban J connectivity index is 2.22. The first-order valence-corrected chi connectivity index (χ1v) is 8.30. The molecule has 2 unspecified atom stereocenters. The Morgan fingerprint density at radius 2 is 1.86 bits per heavy atom. The number of nitrogens with one attached hydrogen (secondary N) is 2. The third kappa shape index (κ3) is 3.84. The van der Waals surface area contributed by atoms with Crippen molar-refractivity contribution in [2.45, 2.75) is 71.8 Å². The van der Waals surface area contributed by atoms with Gasteiger partial charge in [-0.2, -0.15) is 0 Å². The maximum atomic E-state index is 5.60. The van der Waals surface area contributed by atoms with Crippen LogP contribution in [0.1, 0.15) is 63.8 Å². The van der Waals surface area contributed by atoms with Crippen molar-refractivity contribution >= 4 is 11.6 Å². The Morgan fingerprint density at radius 3 is 2.52 bits per heavy atom. The minimum atomic E-state index is 0.525. The SMILES string of the molecule is CCCc1nc(NN)c(C)c(NC2CCCCC2CC)n1. The van der Waals surface area contributed by atoms with Crippen LogP contribution in [-0.4, -0.2) is 16.0 Å². The number of nitrogens with two attached hydrogens (primary N) is 1. The van der Waals surface area contributed by atoms with Crippen molar-refractivity contribution in [3.8, 4) is 0 Å². The molecule has 0 spiro atoms. The third-order valence-electron chi connectivity index (χ3n) is 4.56. The maximum Gasteiger partial charge on any atom is 0.148 e. The first-order valence-electron chi connectivity index (χ1n) is 8.30. The van der Waals surface area contributed by atoms with Gasteiger partial charge in [0.05, 0.1) is 0 Å². The highest BCUT2D eigenvalue weighted by Gasteiger charge is 2.24. The van der Waals surface area contributed by atoms with E-state index in [1.54, 1.807) is 0 Å². The van der Waals surface area contributed by atoms with Gasteiger partial charge in [0.25, 0.3) is 0 Å². The van der Waals surface area contributed by atoms with Crippen LogP contribution in [-0.2, 0) is 6.42 Å². The molecule has 0 aliphatic heterocycles. The summed E-state index contributed by atoms with van der Waals surface area (Å²) < 4.78 is 0. The normalized spacial score (nSPS) is 22.1. The molecule has 0 amide bonds. The van der Waals surface area contributed by atoms with Crippen molar-refractivity contribution in [3.63, 3.8) is 0 Å². The summed E-state index contributed by atoms with van der Waals surface area (Å²) in [6, 6.07) is 0.525. The van der Waals surface area contributed by atoms with Crippen molar-refractivity contribution in [2.75, 3.05) is 10.7 Å². The van der Waals surface area contributed by atoms with E-state index in [4.69, 9.17) is 10.8 Å². The van der Waals surface area contributed by atoms with Crippen molar-refractivity contribution in [1.29, 1.82) is 0 Å². The molecule has 1 aromatic rings. The van der Waals surface area contributed by atoms with Crippen molar-refractivity contribution in [2.24, 2.45) is 11.8 Å². The minimum absolute atomic E-state index is 0.525. The topological polar surface area (TPSA) is 75.9 Å². The Labute approximate surface area is 128 Å². The van der Waals surface area contributed by atoms with Gasteiger partial charge in [0.2, 0.25) is 0 Å². The molecule has 2 atom stereocenters. The Kier molecular flexibility index (Phi) is 5.79. The van der Waals surface area contributed by atoms with E-state index in [2.05, 4.69) is 29.6 Å². The number of aromatic nitrogens is 2. The number of aryl methyl sites for hydroxylation is 1. The minimum Gasteiger partial charge on any atom is -0.367 e. The number of hydrazine groups is 1. The highest BCUT2D eigenvalue weighted by molar-refractivity contribution is 5.57. The first kappa shape index (κ1) is 16.0. The highest BCUT2D eigenvalue weighted by atomic mass is 15.3. The zero-order valence-electron chi connectivity index (χ0n) is 13.6. The summed E-state index contributed by atoms with van der Waals surface area (Å²) in [6.45, 7) is 6.45. The lowest BCUT2D eigenvalue weighted by atomic mass is 9.83. The van der Waals surface area contributed by atoms with E-state index in [0.29, 0.717) is 6.04 Å². The van der Waals surface area contributed by atoms with E-state index in [9.17, 15) is 0 Å². The van der Waals surface area contributed by atoms with Crippen molar-refractivity contribution < 1.29 is 0 Å². The molecule has 5 heteroatoms. The highest BCUT2D eigenvalue weighted by Crippen LogP contribution is 2.30. The second kappa shape index (κ2) is 7.59. The molecule has 118 valence electrons. The molecule has 5 nitrogen and oxygen atoms in total. The van der Waals surface area contributed by atoms with Gasteiger partial charge in [-0.15, -0.1) is 0 Å². The van der Waals surface area contributed by atoms with Gasteiger partial charge in [-0.05, 0) is 32.1 Å². The van der Waals surface area contributed by atoms with Gasteiger partial charge in [-0.1, -0.05) is 33.1 Å². The molecule has 2 rings (SSSR count). The first-order chi connectivity index (χ1) is 10.2.